The summed E-state index contributed by atoms with van der Waals surface area (Å²) in [6, 6.07) is 10.9. The predicted molar refractivity (Wildman–Crippen MR) is 107 cm³/mol. The molecule has 1 atom stereocenters. The minimum absolute atomic E-state index is 0. The number of benzene rings is 1. The van der Waals surface area contributed by atoms with Gasteiger partial charge in [-0.25, -0.2) is 0 Å². The minimum Gasteiger partial charge on any atom is -0.356 e. The van der Waals surface area contributed by atoms with Crippen molar-refractivity contribution >= 4 is 29.9 Å². The van der Waals surface area contributed by atoms with Crippen LogP contribution >= 0.6 is 24.0 Å². The number of aromatic nitrogens is 2. The summed E-state index contributed by atoms with van der Waals surface area (Å²) < 4.78 is 5.09. The first kappa shape index (κ1) is 20.4. The fraction of sp³-hybridized carbons (Fsp3) is 0.471. The van der Waals surface area contributed by atoms with Crippen molar-refractivity contribution in [1.82, 2.24) is 20.8 Å². The average Bonchev–Trinajstić information content (AvgIpc) is 2.98. The summed E-state index contributed by atoms with van der Waals surface area (Å²) in [7, 11) is 1.77. The number of guanidine groups is 1. The summed E-state index contributed by atoms with van der Waals surface area (Å²) in [5.74, 6) is 2.10. The number of aliphatic imine (C=N–C) groups is 1. The van der Waals surface area contributed by atoms with Gasteiger partial charge in [0.2, 0.25) is 5.89 Å². The van der Waals surface area contributed by atoms with Crippen LogP contribution in [0.2, 0.25) is 0 Å². The van der Waals surface area contributed by atoms with E-state index in [0.29, 0.717) is 30.7 Å². The predicted octanol–water partition coefficient (Wildman–Crippen LogP) is 2.72. The molecule has 0 amide bonds. The molecule has 0 radical (unpaired) electrons. The monoisotopic (exact) mass is 443 g/mol. The summed E-state index contributed by atoms with van der Waals surface area (Å²) in [4.78, 5) is 8.43. The van der Waals surface area contributed by atoms with E-state index in [2.05, 4.69) is 57.0 Å². The fourth-order valence-electron chi connectivity index (χ4n) is 2.26. The van der Waals surface area contributed by atoms with Gasteiger partial charge >= 0.3 is 0 Å². The Bertz CT molecular complexity index is 614. The molecule has 2 aromatic rings. The lowest BCUT2D eigenvalue weighted by atomic mass is 10.1. The normalized spacial score (nSPS) is 12.4. The standard InChI is InChI=1S/C17H25N5O.HI/c1-13(9-10-15-7-5-4-6-8-15)20-17(18-3)19-12-11-16-21-14(2)22-23-16;/h4-8,13H,9-12H2,1-3H3,(H2,18,19,20);1H. The van der Waals surface area contributed by atoms with Crippen molar-refractivity contribution in [2.75, 3.05) is 13.6 Å². The quantitative estimate of drug-likeness (QED) is 0.391. The summed E-state index contributed by atoms with van der Waals surface area (Å²) in [5.41, 5.74) is 1.36. The first-order chi connectivity index (χ1) is 11.2. The Labute approximate surface area is 160 Å². The molecule has 0 saturated heterocycles. The number of nitrogens with one attached hydrogen (secondary N) is 2. The van der Waals surface area contributed by atoms with Gasteiger partial charge in [-0.05, 0) is 32.3 Å². The van der Waals surface area contributed by atoms with Gasteiger partial charge in [-0.3, -0.25) is 4.99 Å². The third kappa shape index (κ3) is 7.29. The van der Waals surface area contributed by atoms with Crippen molar-refractivity contribution in [2.24, 2.45) is 4.99 Å². The number of nitrogens with zero attached hydrogens (tertiary/aromatic N) is 3. The van der Waals surface area contributed by atoms with Gasteiger partial charge in [0, 0.05) is 26.1 Å². The molecular formula is C17H26IN5O. The van der Waals surface area contributed by atoms with E-state index in [-0.39, 0.29) is 24.0 Å². The highest BCUT2D eigenvalue weighted by atomic mass is 127. The molecule has 1 aromatic heterocycles. The second-order valence-electron chi connectivity index (χ2n) is 5.55. The van der Waals surface area contributed by atoms with E-state index in [9.17, 15) is 0 Å². The van der Waals surface area contributed by atoms with Gasteiger partial charge in [0.05, 0.1) is 0 Å². The highest BCUT2D eigenvalue weighted by Gasteiger charge is 2.07. The lowest BCUT2D eigenvalue weighted by Crippen LogP contribution is -2.43. The number of rotatable bonds is 7. The zero-order valence-corrected chi connectivity index (χ0v) is 16.8. The number of halogens is 1. The number of aryl methyl sites for hydroxylation is 2. The summed E-state index contributed by atoms with van der Waals surface area (Å²) in [5, 5.41) is 10.4. The molecule has 132 valence electrons. The molecule has 0 spiro atoms. The van der Waals surface area contributed by atoms with Gasteiger partial charge in [0.15, 0.2) is 11.8 Å². The van der Waals surface area contributed by atoms with E-state index in [1.54, 1.807) is 7.05 Å². The van der Waals surface area contributed by atoms with Crippen LogP contribution in [0.4, 0.5) is 0 Å². The molecule has 2 N–H and O–H groups in total. The van der Waals surface area contributed by atoms with E-state index < -0.39 is 0 Å². The average molecular weight is 443 g/mol. The SMILES string of the molecule is CN=C(NCCc1nc(C)no1)NC(C)CCc1ccccc1.I. The Morgan fingerprint density at radius 1 is 1.25 bits per heavy atom. The van der Waals surface area contributed by atoms with Crippen LogP contribution in [0.15, 0.2) is 39.8 Å². The Hall–Kier alpha value is -1.64. The van der Waals surface area contributed by atoms with E-state index in [1.807, 2.05) is 13.0 Å². The Kier molecular flexibility index (Phi) is 9.36. The van der Waals surface area contributed by atoms with Gasteiger partial charge in [-0.2, -0.15) is 4.98 Å². The van der Waals surface area contributed by atoms with Crippen LogP contribution in [0.5, 0.6) is 0 Å². The van der Waals surface area contributed by atoms with Crippen LogP contribution in [-0.4, -0.2) is 35.7 Å². The Morgan fingerprint density at radius 3 is 2.62 bits per heavy atom. The molecule has 0 aliphatic carbocycles. The molecule has 2 rings (SSSR count). The van der Waals surface area contributed by atoms with Crippen LogP contribution in [0, 0.1) is 6.92 Å². The van der Waals surface area contributed by atoms with Crippen LogP contribution in [0.3, 0.4) is 0 Å². The first-order valence-corrected chi connectivity index (χ1v) is 7.97. The highest BCUT2D eigenvalue weighted by molar-refractivity contribution is 14.0. The molecule has 1 heterocycles. The maximum absolute atomic E-state index is 5.09. The second kappa shape index (κ2) is 11.0. The molecule has 24 heavy (non-hydrogen) atoms. The third-order valence-electron chi connectivity index (χ3n) is 3.52. The molecule has 0 aliphatic heterocycles. The molecule has 0 fully saturated rings. The van der Waals surface area contributed by atoms with E-state index >= 15 is 0 Å². The maximum atomic E-state index is 5.09. The topological polar surface area (TPSA) is 75.3 Å². The molecule has 1 unspecified atom stereocenters. The lowest BCUT2D eigenvalue weighted by molar-refractivity contribution is 0.374. The van der Waals surface area contributed by atoms with Crippen LogP contribution in [0.1, 0.15) is 30.6 Å². The van der Waals surface area contributed by atoms with Crippen molar-refractivity contribution in [3.63, 3.8) is 0 Å². The van der Waals surface area contributed by atoms with E-state index in [1.165, 1.54) is 5.56 Å². The number of hydrogen-bond acceptors (Lipinski definition) is 4. The van der Waals surface area contributed by atoms with Crippen molar-refractivity contribution < 1.29 is 4.52 Å². The molecule has 0 saturated carbocycles. The van der Waals surface area contributed by atoms with Crippen LogP contribution < -0.4 is 10.6 Å². The van der Waals surface area contributed by atoms with Crippen molar-refractivity contribution in [3.05, 3.63) is 47.6 Å². The van der Waals surface area contributed by atoms with Gasteiger partial charge in [0.25, 0.3) is 0 Å². The van der Waals surface area contributed by atoms with Gasteiger partial charge in [-0.1, -0.05) is 35.5 Å². The zero-order chi connectivity index (χ0) is 16.5. The summed E-state index contributed by atoms with van der Waals surface area (Å²) >= 11 is 0. The van der Waals surface area contributed by atoms with Gasteiger partial charge in [-0.15, -0.1) is 24.0 Å². The lowest BCUT2D eigenvalue weighted by Gasteiger charge is -2.17. The third-order valence-corrected chi connectivity index (χ3v) is 3.52. The summed E-state index contributed by atoms with van der Waals surface area (Å²) in [6.45, 7) is 4.68. The second-order valence-corrected chi connectivity index (χ2v) is 5.55. The molecule has 6 nitrogen and oxygen atoms in total. The smallest absolute Gasteiger partial charge is 0.228 e. The van der Waals surface area contributed by atoms with Crippen LogP contribution in [-0.2, 0) is 12.8 Å². The molecule has 0 aliphatic rings. The van der Waals surface area contributed by atoms with Crippen molar-refractivity contribution in [3.8, 4) is 0 Å². The Balaban J connectivity index is 0.00000288. The molecule has 0 bridgehead atoms. The molecular weight excluding hydrogens is 417 g/mol. The maximum Gasteiger partial charge on any atom is 0.228 e. The van der Waals surface area contributed by atoms with Crippen molar-refractivity contribution in [1.29, 1.82) is 0 Å². The fourth-order valence-corrected chi connectivity index (χ4v) is 2.26. The zero-order valence-electron chi connectivity index (χ0n) is 14.5. The number of hydrogen-bond donors (Lipinski definition) is 2. The van der Waals surface area contributed by atoms with Gasteiger partial charge in [0.1, 0.15) is 0 Å². The minimum atomic E-state index is 0. The first-order valence-electron chi connectivity index (χ1n) is 7.97. The molecule has 7 heteroatoms. The Morgan fingerprint density at radius 2 is 2.00 bits per heavy atom. The summed E-state index contributed by atoms with van der Waals surface area (Å²) in [6.07, 6.45) is 2.78. The van der Waals surface area contributed by atoms with Crippen LogP contribution in [0.25, 0.3) is 0 Å². The van der Waals surface area contributed by atoms with Crippen molar-refractivity contribution in [2.45, 2.75) is 39.2 Å². The van der Waals surface area contributed by atoms with E-state index in [4.69, 9.17) is 4.52 Å². The highest BCUT2D eigenvalue weighted by Crippen LogP contribution is 2.04. The van der Waals surface area contributed by atoms with E-state index in [0.717, 1.165) is 18.8 Å². The largest absolute Gasteiger partial charge is 0.356 e. The molecule has 1 aromatic carbocycles. The van der Waals surface area contributed by atoms with Gasteiger partial charge < -0.3 is 15.2 Å².